The molecule has 2 saturated heterocycles. The van der Waals surface area contributed by atoms with Crippen LogP contribution in [0.5, 0.6) is 5.75 Å². The number of ether oxygens (including phenoxy) is 3. The second-order valence-corrected chi connectivity index (χ2v) is 16.9. The third-order valence-corrected chi connectivity index (χ3v) is 12.5. The Kier molecular flexibility index (Phi) is 15.2. The fourth-order valence-corrected chi connectivity index (χ4v) is 8.80. The van der Waals surface area contributed by atoms with Crippen molar-refractivity contribution in [2.45, 2.75) is 70.7 Å². The normalized spacial score (nSPS) is 18.5. The van der Waals surface area contributed by atoms with Gasteiger partial charge in [-0.2, -0.15) is 9.67 Å². The fraction of sp³-hybridized carbons (Fsp3) is 0.404. The predicted octanol–water partition coefficient (Wildman–Crippen LogP) is 2.11. The van der Waals surface area contributed by atoms with Crippen molar-refractivity contribution in [1.82, 2.24) is 29.1 Å². The summed E-state index contributed by atoms with van der Waals surface area (Å²) >= 11 is 0. The average Bonchev–Trinajstić information content (AvgIpc) is 4.07. The number of aliphatic hydroxyl groups excluding tert-OH is 1. The van der Waals surface area contributed by atoms with E-state index in [9.17, 15) is 19.1 Å². The molecule has 1 unspecified atom stereocenters. The smallest absolute Gasteiger partial charge is 0.418 e. The van der Waals surface area contributed by atoms with E-state index in [0.717, 1.165) is 43.6 Å². The van der Waals surface area contributed by atoms with Crippen LogP contribution >= 0.6 is 0 Å². The van der Waals surface area contributed by atoms with Crippen LogP contribution in [0.3, 0.4) is 0 Å². The van der Waals surface area contributed by atoms with Gasteiger partial charge < -0.3 is 47.3 Å². The Labute approximate surface area is 393 Å². The molecular formula is C47H56ClF2N11O6. The molecule has 3 aromatic heterocycles. The molecule has 3 N–H and O–H groups in total. The number of hydrogen-bond donors (Lipinski definition) is 2. The van der Waals surface area contributed by atoms with Gasteiger partial charge in [-0.05, 0) is 80.4 Å². The summed E-state index contributed by atoms with van der Waals surface area (Å²) in [5, 5.41) is 18.9. The average molecular weight is 944 g/mol. The van der Waals surface area contributed by atoms with E-state index in [1.165, 1.54) is 38.9 Å². The summed E-state index contributed by atoms with van der Waals surface area (Å²) in [7, 11) is 1.55. The van der Waals surface area contributed by atoms with Crippen LogP contribution in [0.1, 0.15) is 57.0 Å². The number of halogens is 3. The minimum Gasteiger partial charge on any atom is -1.00 e. The maximum atomic E-state index is 15.5. The number of nitrogens with two attached hydrogens (primary N) is 1. The van der Waals surface area contributed by atoms with Crippen LogP contribution in [-0.2, 0) is 28.2 Å². The number of pyridine rings is 1. The number of hydrogen-bond acceptors (Lipinski definition) is 12. The number of aliphatic hydroxyl groups is 1. The molecule has 5 atom stereocenters. The molecule has 6 aromatic rings. The van der Waals surface area contributed by atoms with Gasteiger partial charge >= 0.3 is 11.8 Å². The molecule has 2 aliphatic heterocycles. The van der Waals surface area contributed by atoms with Gasteiger partial charge in [0.15, 0.2) is 0 Å². The first kappa shape index (κ1) is 48.5. The van der Waals surface area contributed by atoms with Crippen molar-refractivity contribution in [3.8, 4) is 11.4 Å². The van der Waals surface area contributed by atoms with Crippen molar-refractivity contribution in [2.24, 2.45) is 11.7 Å². The van der Waals surface area contributed by atoms with Gasteiger partial charge in [0.25, 0.3) is 6.33 Å². The van der Waals surface area contributed by atoms with E-state index in [4.69, 9.17) is 19.9 Å². The van der Waals surface area contributed by atoms with Crippen LogP contribution in [-0.4, -0.2) is 92.9 Å². The molecule has 0 bridgehead atoms. The molecule has 5 heterocycles. The summed E-state index contributed by atoms with van der Waals surface area (Å²) in [4.78, 5) is 36.3. The Hall–Kier alpha value is -6.41. The van der Waals surface area contributed by atoms with Gasteiger partial charge in [0, 0.05) is 92.5 Å². The molecule has 356 valence electrons. The number of benzene rings is 3. The summed E-state index contributed by atoms with van der Waals surface area (Å²) in [5.74, 6) is -0.456. The Balaban J connectivity index is 0.00000666. The fourth-order valence-electron chi connectivity index (χ4n) is 8.80. The molecule has 17 nitrogen and oxygen atoms in total. The molecule has 2 aliphatic rings. The van der Waals surface area contributed by atoms with Crippen LogP contribution < -0.4 is 47.8 Å². The number of aromatic nitrogens is 7. The van der Waals surface area contributed by atoms with Crippen molar-refractivity contribution >= 4 is 23.3 Å². The van der Waals surface area contributed by atoms with Gasteiger partial charge in [-0.1, -0.05) is 19.1 Å². The number of anilines is 3. The predicted molar refractivity (Wildman–Crippen MR) is 241 cm³/mol. The third-order valence-electron chi connectivity index (χ3n) is 12.5. The molecule has 3 aromatic carbocycles. The molecule has 0 aliphatic carbocycles. The monoisotopic (exact) mass is 943 g/mol. The van der Waals surface area contributed by atoms with Gasteiger partial charge in [-0.3, -0.25) is 4.90 Å². The number of carbonyl (C=O) groups is 1. The SMILES string of the molecule is CC[C@@H]([C@H](C)O)n1ncn(-c2ccc(N3CCN(c4ccc(OC[C@@H]5CO[C@@](Cn6c[n+](C(C)OC(=O)N(C)c7ncccc7CN)cn6)(c6ccc(F)cc6F)C5)cc4)CC3)cc2)c1=O.[Cl-]. The van der Waals surface area contributed by atoms with Crippen LogP contribution in [0.15, 0.2) is 109 Å². The van der Waals surface area contributed by atoms with E-state index >= 15 is 4.39 Å². The number of piperazine rings is 1. The maximum Gasteiger partial charge on any atom is 0.418 e. The lowest BCUT2D eigenvalue weighted by molar-refractivity contribution is -0.753. The van der Waals surface area contributed by atoms with Gasteiger partial charge in [0.05, 0.1) is 31.0 Å². The highest BCUT2D eigenvalue weighted by atomic mass is 35.5. The summed E-state index contributed by atoms with van der Waals surface area (Å²) in [6.45, 7) is 9.40. The first-order chi connectivity index (χ1) is 31.9. The Morgan fingerprint density at radius 3 is 2.31 bits per heavy atom. The van der Waals surface area contributed by atoms with Crippen LogP contribution in [0.4, 0.5) is 30.8 Å². The topological polar surface area (TPSA) is 175 Å². The lowest BCUT2D eigenvalue weighted by atomic mass is 9.87. The Morgan fingerprint density at radius 1 is 1.00 bits per heavy atom. The first-order valence-corrected chi connectivity index (χ1v) is 22.1. The molecule has 8 rings (SSSR count). The Bertz CT molecular complexity index is 2660. The minimum atomic E-state index is -1.19. The Morgan fingerprint density at radius 2 is 1.67 bits per heavy atom. The zero-order valence-electron chi connectivity index (χ0n) is 37.9. The van der Waals surface area contributed by atoms with Crippen molar-refractivity contribution in [1.29, 1.82) is 0 Å². The van der Waals surface area contributed by atoms with Gasteiger partial charge in [-0.15, -0.1) is 4.68 Å². The molecular weight excluding hydrogens is 888 g/mol. The van der Waals surface area contributed by atoms with Crippen molar-refractivity contribution in [3.05, 3.63) is 137 Å². The highest BCUT2D eigenvalue weighted by Crippen LogP contribution is 2.42. The molecule has 2 fully saturated rings. The van der Waals surface area contributed by atoms with Crippen LogP contribution in [0.2, 0.25) is 0 Å². The van der Waals surface area contributed by atoms with Crippen molar-refractivity contribution in [3.63, 3.8) is 0 Å². The van der Waals surface area contributed by atoms with E-state index in [2.05, 4.69) is 25.0 Å². The summed E-state index contributed by atoms with van der Waals surface area (Å²) in [5.41, 5.74) is 8.11. The quantitative estimate of drug-likeness (QED) is 0.136. The summed E-state index contributed by atoms with van der Waals surface area (Å²) in [6.07, 6.45) is 5.08. The second-order valence-electron chi connectivity index (χ2n) is 16.9. The molecule has 1 amide bonds. The lowest BCUT2D eigenvalue weighted by Gasteiger charge is -2.37. The van der Waals surface area contributed by atoms with Gasteiger partial charge in [0.1, 0.15) is 41.7 Å². The van der Waals surface area contributed by atoms with E-state index in [0.29, 0.717) is 42.3 Å². The van der Waals surface area contributed by atoms with Crippen molar-refractivity contribution in [2.75, 3.05) is 61.1 Å². The number of rotatable bonds is 16. The van der Waals surface area contributed by atoms with E-state index < -0.39 is 35.7 Å². The molecule has 67 heavy (non-hydrogen) atoms. The zero-order chi connectivity index (χ0) is 46.5. The largest absolute Gasteiger partial charge is 1.00 e. The number of nitrogens with zero attached hydrogens (tertiary/aromatic N) is 10. The van der Waals surface area contributed by atoms with Gasteiger partial charge in [-0.25, -0.2) is 32.6 Å². The molecule has 0 radical (unpaired) electrons. The minimum absolute atomic E-state index is 0. The molecule has 20 heteroatoms. The standard InChI is InChI=1S/C47H56F2N11O6.ClH/c1-5-43(32(2)61)60-45(62)59(30-53-60)39-11-9-37(10-12-39)55-19-21-56(22-20-55)38-13-15-40(16-14-38)64-26-34-24-47(65-27-34,41-17-8-36(48)23-42(41)49)28-58-31-57(29-52-58)33(3)66-46(63)54(4)44-35(25-50)7-6-18-51-44;/h6-18,23,29-34,43,61H,5,19-22,24-28,50H2,1-4H3;1H/q+1;/p-1/t32-,33?,34+,43-,47-;/m0./s1. The first-order valence-electron chi connectivity index (χ1n) is 22.1. The van der Waals surface area contributed by atoms with Crippen LogP contribution in [0, 0.1) is 17.6 Å². The van der Waals surface area contributed by atoms with E-state index in [-0.39, 0.29) is 55.3 Å². The molecule has 0 spiro atoms. The van der Waals surface area contributed by atoms with Gasteiger partial charge in [0.2, 0.25) is 12.6 Å². The highest BCUT2D eigenvalue weighted by molar-refractivity contribution is 5.86. The highest BCUT2D eigenvalue weighted by Gasteiger charge is 2.46. The van der Waals surface area contributed by atoms with E-state index in [1.807, 2.05) is 55.5 Å². The van der Waals surface area contributed by atoms with Crippen molar-refractivity contribution < 1.29 is 49.9 Å². The van der Waals surface area contributed by atoms with E-state index in [1.54, 1.807) is 54.8 Å². The lowest BCUT2D eigenvalue weighted by Crippen LogP contribution is -3.00. The maximum absolute atomic E-state index is 15.5. The number of amides is 1. The second kappa shape index (κ2) is 21.0. The number of carbonyl (C=O) groups excluding carboxylic acids is 1. The molecule has 0 saturated carbocycles. The van der Waals surface area contributed by atoms with Crippen LogP contribution in [0.25, 0.3) is 5.69 Å². The summed E-state index contributed by atoms with van der Waals surface area (Å²) in [6, 6.07) is 22.5. The third kappa shape index (κ3) is 10.6. The zero-order valence-corrected chi connectivity index (χ0v) is 38.6. The summed E-state index contributed by atoms with van der Waals surface area (Å²) < 4.78 is 54.1.